The monoisotopic (exact) mass is 381 g/mol. The highest BCUT2D eigenvalue weighted by Gasteiger charge is 2.54. The van der Waals surface area contributed by atoms with Gasteiger partial charge in [0.25, 0.3) is 11.8 Å². The average Bonchev–Trinajstić information content (AvgIpc) is 3.03. The maximum atomic E-state index is 12.4. The van der Waals surface area contributed by atoms with Crippen molar-refractivity contribution in [1.82, 2.24) is 20.0 Å². The fourth-order valence-electron chi connectivity index (χ4n) is 2.85. The minimum Gasteiger partial charge on any atom is -0.477 e. The molecule has 0 unspecified atom stereocenters. The van der Waals surface area contributed by atoms with Gasteiger partial charge in [-0.25, -0.2) is 4.79 Å². The van der Waals surface area contributed by atoms with Gasteiger partial charge in [-0.15, -0.1) is 11.8 Å². The van der Waals surface area contributed by atoms with Crippen LogP contribution in [0.3, 0.4) is 0 Å². The maximum absolute atomic E-state index is 12.4. The van der Waals surface area contributed by atoms with E-state index in [0.29, 0.717) is 17.9 Å². The van der Waals surface area contributed by atoms with Crippen molar-refractivity contribution in [2.45, 2.75) is 31.8 Å². The molecule has 1 saturated heterocycles. The van der Waals surface area contributed by atoms with E-state index in [2.05, 4.69) is 10.4 Å². The summed E-state index contributed by atoms with van der Waals surface area (Å²) in [6.07, 6.45) is 1.15. The van der Waals surface area contributed by atoms with Gasteiger partial charge in [0.05, 0.1) is 4.92 Å². The summed E-state index contributed by atoms with van der Waals surface area (Å²) in [5.74, 6) is -2.20. The zero-order valence-electron chi connectivity index (χ0n) is 13.8. The van der Waals surface area contributed by atoms with Gasteiger partial charge < -0.3 is 10.4 Å². The number of nitrogens with one attached hydrogen (secondary N) is 1. The molecule has 12 heteroatoms. The van der Waals surface area contributed by atoms with Gasteiger partial charge in [-0.2, -0.15) is 5.10 Å². The van der Waals surface area contributed by atoms with Crippen molar-refractivity contribution in [3.63, 3.8) is 0 Å². The van der Waals surface area contributed by atoms with Crippen molar-refractivity contribution < 1.29 is 24.4 Å². The quantitative estimate of drug-likeness (QED) is 0.417. The Morgan fingerprint density at radius 3 is 2.81 bits per heavy atom. The first kappa shape index (κ1) is 17.9. The van der Waals surface area contributed by atoms with E-state index in [4.69, 9.17) is 0 Å². The van der Waals surface area contributed by atoms with E-state index >= 15 is 0 Å². The van der Waals surface area contributed by atoms with Crippen LogP contribution in [0.1, 0.15) is 24.3 Å². The number of aryl methyl sites for hydroxylation is 1. The zero-order valence-corrected chi connectivity index (χ0v) is 14.6. The molecule has 0 saturated carbocycles. The van der Waals surface area contributed by atoms with Gasteiger partial charge in [0.15, 0.2) is 0 Å². The second-order valence-electron chi connectivity index (χ2n) is 5.77. The third-order valence-corrected chi connectivity index (χ3v) is 5.55. The van der Waals surface area contributed by atoms with E-state index < -0.39 is 39.8 Å². The fourth-order valence-corrected chi connectivity index (χ4v) is 4.15. The molecule has 26 heavy (non-hydrogen) atoms. The normalized spacial score (nSPS) is 21.9. The Labute approximate surface area is 151 Å². The standard InChI is InChI=1S/C14H15N5O6S/c1-3-17-4-7(19(24)25)8(16-17)11(20)15-9-12(21)18-10(14(22)23)6(2)5-26-13(9)18/h4,9,13H,3,5H2,1-2H3,(H,15,20)(H,22,23)/t9-,13-/m1/s1. The maximum Gasteiger partial charge on any atom is 0.352 e. The number of rotatable bonds is 5. The van der Waals surface area contributed by atoms with E-state index in [0.717, 1.165) is 11.1 Å². The lowest BCUT2D eigenvalue weighted by Crippen LogP contribution is -2.70. The Balaban J connectivity index is 1.81. The molecule has 0 spiro atoms. The van der Waals surface area contributed by atoms with Gasteiger partial charge in [0.1, 0.15) is 23.3 Å². The summed E-state index contributed by atoms with van der Waals surface area (Å²) in [7, 11) is 0. The SMILES string of the molecule is CCn1cc([N+](=O)[O-])c(C(=O)N[C@@H]2C(=O)N3C(C(=O)O)=C(C)CS[C@H]23)n1. The van der Waals surface area contributed by atoms with E-state index in [1.165, 1.54) is 16.4 Å². The number of hydrogen-bond acceptors (Lipinski definition) is 7. The summed E-state index contributed by atoms with van der Waals surface area (Å²) in [6, 6.07) is -0.957. The molecule has 2 aliphatic rings. The first-order chi connectivity index (χ1) is 12.3. The molecular formula is C14H15N5O6S. The van der Waals surface area contributed by atoms with Crippen LogP contribution in [0.5, 0.6) is 0 Å². The molecule has 3 heterocycles. The molecule has 3 rings (SSSR count). The molecule has 2 N–H and O–H groups in total. The zero-order chi connectivity index (χ0) is 19.2. The number of nitrogens with zero attached hydrogens (tertiary/aromatic N) is 4. The van der Waals surface area contributed by atoms with Crippen LogP contribution in [-0.4, -0.2) is 59.7 Å². The number of carboxylic acid groups (broad SMARTS) is 1. The van der Waals surface area contributed by atoms with Crippen molar-refractivity contribution in [3.8, 4) is 0 Å². The van der Waals surface area contributed by atoms with E-state index in [1.807, 2.05) is 0 Å². The molecule has 138 valence electrons. The van der Waals surface area contributed by atoms with Crippen molar-refractivity contribution in [2.75, 3.05) is 5.75 Å². The van der Waals surface area contributed by atoms with E-state index in [9.17, 15) is 29.6 Å². The predicted octanol–water partition coefficient (Wildman–Crippen LogP) is 0.183. The minimum absolute atomic E-state index is 0.0782. The Hall–Kier alpha value is -2.89. The van der Waals surface area contributed by atoms with Gasteiger partial charge in [0.2, 0.25) is 5.69 Å². The van der Waals surface area contributed by atoms with Crippen LogP contribution in [0.15, 0.2) is 17.5 Å². The molecule has 1 fully saturated rings. The minimum atomic E-state index is -1.21. The number of amides is 2. The molecule has 11 nitrogen and oxygen atoms in total. The highest BCUT2D eigenvalue weighted by atomic mass is 32.2. The van der Waals surface area contributed by atoms with Crippen LogP contribution in [-0.2, 0) is 16.1 Å². The second-order valence-corrected chi connectivity index (χ2v) is 6.88. The van der Waals surface area contributed by atoms with Crippen LogP contribution in [0.25, 0.3) is 0 Å². The van der Waals surface area contributed by atoms with Crippen LogP contribution in [0, 0.1) is 10.1 Å². The summed E-state index contributed by atoms with van der Waals surface area (Å²) in [4.78, 5) is 47.6. The van der Waals surface area contributed by atoms with E-state index in [-0.39, 0.29) is 11.4 Å². The summed E-state index contributed by atoms with van der Waals surface area (Å²) in [5, 5.41) is 26.1. The van der Waals surface area contributed by atoms with Gasteiger partial charge in [0, 0.05) is 12.3 Å². The molecule has 0 radical (unpaired) electrons. The number of nitro groups is 1. The first-order valence-corrected chi connectivity index (χ1v) is 8.71. The van der Waals surface area contributed by atoms with Crippen LogP contribution in [0.4, 0.5) is 5.69 Å². The lowest BCUT2D eigenvalue weighted by Gasteiger charge is -2.49. The summed E-state index contributed by atoms with van der Waals surface area (Å²) >= 11 is 1.32. The third kappa shape index (κ3) is 2.71. The summed E-state index contributed by atoms with van der Waals surface area (Å²) in [6.45, 7) is 3.69. The number of aliphatic carboxylic acids is 1. The van der Waals surface area contributed by atoms with Crippen LogP contribution >= 0.6 is 11.8 Å². The number of β-lactam (4-membered cyclic amide) rings is 1. The van der Waals surface area contributed by atoms with Crippen molar-refractivity contribution in [1.29, 1.82) is 0 Å². The van der Waals surface area contributed by atoms with Gasteiger partial charge in [-0.3, -0.25) is 29.3 Å². The van der Waals surface area contributed by atoms with Gasteiger partial charge >= 0.3 is 11.7 Å². The molecule has 1 aromatic heterocycles. The second kappa shape index (κ2) is 6.44. The van der Waals surface area contributed by atoms with Crippen LogP contribution in [0.2, 0.25) is 0 Å². The molecule has 0 bridgehead atoms. The largest absolute Gasteiger partial charge is 0.477 e. The average molecular weight is 381 g/mol. The number of carbonyl (C=O) groups is 3. The molecule has 0 aliphatic carbocycles. The van der Waals surface area contributed by atoms with Crippen molar-refractivity contribution in [3.05, 3.63) is 33.3 Å². The molecule has 2 aliphatic heterocycles. The third-order valence-electron chi connectivity index (χ3n) is 4.13. The Kier molecular flexibility index (Phi) is 4.44. The lowest BCUT2D eigenvalue weighted by atomic mass is 10.0. The number of hydrogen-bond donors (Lipinski definition) is 2. The Morgan fingerprint density at radius 2 is 2.23 bits per heavy atom. The Bertz CT molecular complexity index is 862. The Morgan fingerprint density at radius 1 is 1.54 bits per heavy atom. The van der Waals surface area contributed by atoms with Gasteiger partial charge in [-0.1, -0.05) is 0 Å². The fraction of sp³-hybridized carbons (Fsp3) is 0.429. The number of carbonyl (C=O) groups excluding carboxylic acids is 2. The topological polar surface area (TPSA) is 148 Å². The predicted molar refractivity (Wildman–Crippen MR) is 89.2 cm³/mol. The smallest absolute Gasteiger partial charge is 0.352 e. The highest BCUT2D eigenvalue weighted by molar-refractivity contribution is 8.00. The van der Waals surface area contributed by atoms with Gasteiger partial charge in [-0.05, 0) is 19.4 Å². The van der Waals surface area contributed by atoms with Crippen molar-refractivity contribution in [2.24, 2.45) is 0 Å². The molecular weight excluding hydrogens is 366 g/mol. The van der Waals surface area contributed by atoms with Crippen molar-refractivity contribution >= 4 is 35.2 Å². The number of carboxylic acids is 1. The summed E-state index contributed by atoms with van der Waals surface area (Å²) < 4.78 is 1.26. The first-order valence-electron chi connectivity index (χ1n) is 7.66. The number of thioether (sulfide) groups is 1. The molecule has 2 amide bonds. The van der Waals surface area contributed by atoms with Crippen LogP contribution < -0.4 is 5.32 Å². The number of aromatic nitrogens is 2. The van der Waals surface area contributed by atoms with E-state index in [1.54, 1.807) is 13.8 Å². The lowest BCUT2D eigenvalue weighted by molar-refractivity contribution is -0.385. The number of fused-ring (bicyclic) bond motifs is 1. The molecule has 0 aromatic carbocycles. The highest BCUT2D eigenvalue weighted by Crippen LogP contribution is 2.40. The molecule has 2 atom stereocenters. The molecule has 1 aromatic rings. The summed E-state index contributed by atoms with van der Waals surface area (Å²) in [5.41, 5.74) is -0.347.